The minimum atomic E-state index is -0.219. The summed E-state index contributed by atoms with van der Waals surface area (Å²) in [6.45, 7) is 1.83. The van der Waals surface area contributed by atoms with Crippen LogP contribution in [0.4, 0.5) is 0 Å². The molecule has 0 amide bonds. The molecule has 0 aliphatic carbocycles. The molecular formula is C11H11N5O. The van der Waals surface area contributed by atoms with E-state index in [-0.39, 0.29) is 6.04 Å². The SMILES string of the molecule is CC(N)c1ncc(-c2cnn3ccncc23)o1. The van der Waals surface area contributed by atoms with Gasteiger partial charge >= 0.3 is 0 Å². The first-order valence-corrected chi connectivity index (χ1v) is 5.25. The summed E-state index contributed by atoms with van der Waals surface area (Å²) in [5.41, 5.74) is 7.44. The van der Waals surface area contributed by atoms with Crippen molar-refractivity contribution >= 4 is 5.52 Å². The number of rotatable bonds is 2. The average Bonchev–Trinajstić information content (AvgIpc) is 2.95. The Kier molecular flexibility index (Phi) is 2.15. The first-order valence-electron chi connectivity index (χ1n) is 5.25. The monoisotopic (exact) mass is 229 g/mol. The smallest absolute Gasteiger partial charge is 0.211 e. The average molecular weight is 229 g/mol. The maximum atomic E-state index is 5.70. The number of aromatic nitrogens is 4. The maximum Gasteiger partial charge on any atom is 0.211 e. The molecule has 6 heteroatoms. The third kappa shape index (κ3) is 1.58. The van der Waals surface area contributed by atoms with Gasteiger partial charge in [-0.1, -0.05) is 0 Å². The van der Waals surface area contributed by atoms with E-state index in [1.807, 2.05) is 6.92 Å². The summed E-state index contributed by atoms with van der Waals surface area (Å²) in [4.78, 5) is 8.19. The van der Waals surface area contributed by atoms with Crippen LogP contribution in [0.5, 0.6) is 0 Å². The molecule has 3 rings (SSSR count). The van der Waals surface area contributed by atoms with E-state index in [0.29, 0.717) is 11.7 Å². The maximum absolute atomic E-state index is 5.70. The van der Waals surface area contributed by atoms with Crippen molar-refractivity contribution in [2.75, 3.05) is 0 Å². The summed E-state index contributed by atoms with van der Waals surface area (Å²) >= 11 is 0. The van der Waals surface area contributed by atoms with Crippen molar-refractivity contribution in [2.45, 2.75) is 13.0 Å². The zero-order valence-corrected chi connectivity index (χ0v) is 9.24. The standard InChI is InChI=1S/C11H11N5O/c1-7(12)11-14-6-10(17-11)8-4-15-16-3-2-13-5-9(8)16/h2-7H,12H2,1H3. The van der Waals surface area contributed by atoms with Gasteiger partial charge in [0.2, 0.25) is 5.89 Å². The quantitative estimate of drug-likeness (QED) is 0.718. The molecule has 3 heterocycles. The molecule has 0 radical (unpaired) electrons. The molecule has 0 aliphatic heterocycles. The second-order valence-electron chi connectivity index (χ2n) is 3.82. The number of nitrogens with two attached hydrogens (primary N) is 1. The molecule has 3 aromatic heterocycles. The van der Waals surface area contributed by atoms with Crippen LogP contribution in [0.15, 0.2) is 35.4 Å². The Balaban J connectivity index is 2.14. The van der Waals surface area contributed by atoms with Crippen LogP contribution in [0.2, 0.25) is 0 Å². The molecule has 2 N–H and O–H groups in total. The van der Waals surface area contributed by atoms with E-state index in [0.717, 1.165) is 11.1 Å². The van der Waals surface area contributed by atoms with E-state index in [1.54, 1.807) is 35.5 Å². The van der Waals surface area contributed by atoms with E-state index in [2.05, 4.69) is 15.1 Å². The second kappa shape index (κ2) is 3.67. The third-order valence-corrected chi connectivity index (χ3v) is 2.50. The second-order valence-corrected chi connectivity index (χ2v) is 3.82. The van der Waals surface area contributed by atoms with Gasteiger partial charge in [-0.25, -0.2) is 9.50 Å². The largest absolute Gasteiger partial charge is 0.439 e. The van der Waals surface area contributed by atoms with Crippen LogP contribution in [-0.2, 0) is 0 Å². The summed E-state index contributed by atoms with van der Waals surface area (Å²) in [6.07, 6.45) is 8.57. The predicted molar refractivity (Wildman–Crippen MR) is 61.1 cm³/mol. The van der Waals surface area contributed by atoms with Crippen LogP contribution in [-0.4, -0.2) is 19.6 Å². The van der Waals surface area contributed by atoms with Crippen LogP contribution in [0.1, 0.15) is 18.9 Å². The molecule has 0 spiro atoms. The molecule has 0 saturated carbocycles. The first kappa shape index (κ1) is 9.98. The lowest BCUT2D eigenvalue weighted by molar-refractivity contribution is 0.474. The fourth-order valence-corrected chi connectivity index (χ4v) is 1.65. The van der Waals surface area contributed by atoms with Gasteiger partial charge in [0.05, 0.1) is 35.7 Å². The topological polar surface area (TPSA) is 82.2 Å². The van der Waals surface area contributed by atoms with Crippen molar-refractivity contribution in [1.82, 2.24) is 19.6 Å². The highest BCUT2D eigenvalue weighted by atomic mass is 16.4. The van der Waals surface area contributed by atoms with Gasteiger partial charge in [0.25, 0.3) is 0 Å². The van der Waals surface area contributed by atoms with Gasteiger partial charge in [-0.05, 0) is 6.92 Å². The third-order valence-electron chi connectivity index (χ3n) is 2.50. The molecule has 3 aromatic rings. The summed E-state index contributed by atoms with van der Waals surface area (Å²) in [6, 6.07) is -0.219. The highest BCUT2D eigenvalue weighted by molar-refractivity contribution is 5.75. The predicted octanol–water partition coefficient (Wildman–Crippen LogP) is 1.40. The van der Waals surface area contributed by atoms with Crippen molar-refractivity contribution in [3.8, 4) is 11.3 Å². The minimum Gasteiger partial charge on any atom is -0.439 e. The van der Waals surface area contributed by atoms with Gasteiger partial charge in [0.15, 0.2) is 5.76 Å². The molecule has 0 fully saturated rings. The van der Waals surface area contributed by atoms with Crippen LogP contribution < -0.4 is 5.73 Å². The van der Waals surface area contributed by atoms with E-state index in [1.165, 1.54) is 0 Å². The molecule has 1 unspecified atom stereocenters. The molecule has 86 valence electrons. The zero-order valence-electron chi connectivity index (χ0n) is 9.24. The lowest BCUT2D eigenvalue weighted by Gasteiger charge is -1.97. The molecular weight excluding hydrogens is 218 g/mol. The molecule has 17 heavy (non-hydrogen) atoms. The summed E-state index contributed by atoms with van der Waals surface area (Å²) in [5, 5.41) is 4.21. The lowest BCUT2D eigenvalue weighted by atomic mass is 10.2. The minimum absolute atomic E-state index is 0.219. The number of hydrogen-bond donors (Lipinski definition) is 1. The Bertz CT molecular complexity index is 654. The fourth-order valence-electron chi connectivity index (χ4n) is 1.65. The van der Waals surface area contributed by atoms with Crippen LogP contribution in [0, 0.1) is 0 Å². The Morgan fingerprint density at radius 1 is 1.35 bits per heavy atom. The number of nitrogens with zero attached hydrogens (tertiary/aromatic N) is 4. The van der Waals surface area contributed by atoms with E-state index in [9.17, 15) is 0 Å². The summed E-state index contributed by atoms with van der Waals surface area (Å²) in [7, 11) is 0. The zero-order chi connectivity index (χ0) is 11.8. The van der Waals surface area contributed by atoms with Crippen molar-refractivity contribution < 1.29 is 4.42 Å². The molecule has 0 aromatic carbocycles. The lowest BCUT2D eigenvalue weighted by Crippen LogP contribution is -2.04. The van der Waals surface area contributed by atoms with Gasteiger partial charge in [-0.3, -0.25) is 4.98 Å². The van der Waals surface area contributed by atoms with Gasteiger partial charge < -0.3 is 10.2 Å². The van der Waals surface area contributed by atoms with Gasteiger partial charge in [0.1, 0.15) is 0 Å². The van der Waals surface area contributed by atoms with Crippen molar-refractivity contribution in [2.24, 2.45) is 5.73 Å². The number of fused-ring (bicyclic) bond motifs is 1. The molecule has 0 bridgehead atoms. The summed E-state index contributed by atoms with van der Waals surface area (Å²) in [5.74, 6) is 1.17. The first-order chi connectivity index (χ1) is 8.25. The highest BCUT2D eigenvalue weighted by Gasteiger charge is 2.13. The van der Waals surface area contributed by atoms with E-state index >= 15 is 0 Å². The van der Waals surface area contributed by atoms with Crippen molar-refractivity contribution in [3.05, 3.63) is 36.9 Å². The van der Waals surface area contributed by atoms with Gasteiger partial charge in [-0.2, -0.15) is 5.10 Å². The molecule has 0 saturated heterocycles. The van der Waals surface area contributed by atoms with Crippen LogP contribution >= 0.6 is 0 Å². The highest BCUT2D eigenvalue weighted by Crippen LogP contribution is 2.25. The summed E-state index contributed by atoms with van der Waals surface area (Å²) < 4.78 is 7.31. The number of hydrogen-bond acceptors (Lipinski definition) is 5. The molecule has 6 nitrogen and oxygen atoms in total. The Morgan fingerprint density at radius 3 is 3.00 bits per heavy atom. The van der Waals surface area contributed by atoms with Crippen LogP contribution in [0.3, 0.4) is 0 Å². The molecule has 0 aliphatic rings. The Morgan fingerprint density at radius 2 is 2.24 bits per heavy atom. The molecule has 1 atom stereocenters. The Labute approximate surface area is 97.1 Å². The van der Waals surface area contributed by atoms with Crippen molar-refractivity contribution in [1.29, 1.82) is 0 Å². The van der Waals surface area contributed by atoms with Crippen LogP contribution in [0.25, 0.3) is 16.8 Å². The Hall–Kier alpha value is -2.21. The normalized spacial score (nSPS) is 13.1. The fraction of sp³-hybridized carbons (Fsp3) is 0.182. The van der Waals surface area contributed by atoms with E-state index < -0.39 is 0 Å². The van der Waals surface area contributed by atoms with Gasteiger partial charge in [0, 0.05) is 12.4 Å². The van der Waals surface area contributed by atoms with Gasteiger partial charge in [-0.15, -0.1) is 0 Å². The van der Waals surface area contributed by atoms with Crippen molar-refractivity contribution in [3.63, 3.8) is 0 Å². The number of oxazole rings is 1. The van der Waals surface area contributed by atoms with E-state index in [4.69, 9.17) is 10.2 Å².